The fourth-order valence-electron chi connectivity index (χ4n) is 5.08. The molecule has 0 bridgehead atoms. The van der Waals surface area contributed by atoms with Gasteiger partial charge < -0.3 is 19.7 Å². The predicted octanol–water partition coefficient (Wildman–Crippen LogP) is 6.95. The van der Waals surface area contributed by atoms with Gasteiger partial charge >= 0.3 is 24.5 Å². The minimum Gasteiger partial charge on any atom is -0.481 e. The Kier molecular flexibility index (Phi) is 11.9. The molecule has 0 saturated heterocycles. The van der Waals surface area contributed by atoms with E-state index in [2.05, 4.69) is 15.9 Å². The number of nitrogens with zero attached hydrogens (tertiary/aromatic N) is 3. The van der Waals surface area contributed by atoms with E-state index >= 15 is 0 Å². The third-order valence-electron chi connectivity index (χ3n) is 7.39. The molecule has 0 aliphatic heterocycles. The van der Waals surface area contributed by atoms with Crippen molar-refractivity contribution in [2.45, 2.75) is 89.6 Å². The number of carbonyl (C=O) groups is 2. The smallest absolute Gasteiger partial charge is 0.481 e. The summed E-state index contributed by atoms with van der Waals surface area (Å²) in [5.74, 6) is -4.62. The zero-order valence-corrected chi connectivity index (χ0v) is 26.3. The van der Waals surface area contributed by atoms with Crippen molar-refractivity contribution in [2.75, 3.05) is 6.61 Å². The Labute approximate surface area is 267 Å². The molecule has 2 heterocycles. The minimum atomic E-state index is -5.08. The monoisotopic (exact) mass is 673 g/mol. The highest BCUT2D eigenvalue weighted by molar-refractivity contribution is 5.73. The molecule has 0 amide bonds. The van der Waals surface area contributed by atoms with Gasteiger partial charge in [-0.05, 0) is 66.3 Å². The summed E-state index contributed by atoms with van der Waals surface area (Å²) >= 11 is 0. The minimum absolute atomic E-state index is 0.0949. The maximum absolute atomic E-state index is 13.2. The van der Waals surface area contributed by atoms with Crippen LogP contribution in [0.5, 0.6) is 11.6 Å². The topological polar surface area (TPSA) is 124 Å². The average Bonchev–Trinajstić information content (AvgIpc) is 3.29. The Morgan fingerprint density at radius 1 is 0.957 bits per heavy atom. The molecule has 1 aliphatic carbocycles. The molecule has 2 aromatic heterocycles. The van der Waals surface area contributed by atoms with Gasteiger partial charge in [0.2, 0.25) is 5.88 Å². The lowest BCUT2D eigenvalue weighted by atomic mass is 9.82. The van der Waals surface area contributed by atoms with E-state index in [0.717, 1.165) is 30.5 Å². The molecule has 15 heteroatoms. The predicted molar refractivity (Wildman–Crippen MR) is 157 cm³/mol. The van der Waals surface area contributed by atoms with E-state index in [9.17, 15) is 36.2 Å². The van der Waals surface area contributed by atoms with Crippen LogP contribution in [0.4, 0.5) is 26.3 Å². The Balaban J connectivity index is 0.000000771. The van der Waals surface area contributed by atoms with Gasteiger partial charge in [0.15, 0.2) is 0 Å². The number of benzene rings is 1. The molecule has 0 spiro atoms. The van der Waals surface area contributed by atoms with E-state index in [-0.39, 0.29) is 17.4 Å². The van der Waals surface area contributed by atoms with Crippen LogP contribution in [0.3, 0.4) is 0 Å². The highest BCUT2D eigenvalue weighted by atomic mass is 19.4. The fraction of sp³-hybridized carbons (Fsp3) is 0.500. The van der Waals surface area contributed by atoms with Crippen molar-refractivity contribution in [1.82, 2.24) is 14.8 Å². The van der Waals surface area contributed by atoms with Crippen LogP contribution in [0, 0.1) is 0 Å². The summed E-state index contributed by atoms with van der Waals surface area (Å²) in [6.07, 6.45) is -5.24. The number of aryl methyl sites for hydroxylation is 3. The number of hydrogen-bond acceptors (Lipinski definition) is 6. The van der Waals surface area contributed by atoms with Crippen LogP contribution in [0.1, 0.15) is 79.7 Å². The number of rotatable bonds is 10. The highest BCUT2D eigenvalue weighted by Gasteiger charge is 2.38. The van der Waals surface area contributed by atoms with Crippen LogP contribution >= 0.6 is 0 Å². The Bertz CT molecular complexity index is 1550. The first-order valence-corrected chi connectivity index (χ1v) is 14.8. The Morgan fingerprint density at radius 2 is 1.62 bits per heavy atom. The van der Waals surface area contributed by atoms with Crippen LogP contribution < -0.4 is 9.47 Å². The van der Waals surface area contributed by atoms with Crippen LogP contribution in [0.15, 0.2) is 36.4 Å². The summed E-state index contributed by atoms with van der Waals surface area (Å²) in [6, 6.07) is 10.3. The molecule has 47 heavy (non-hydrogen) atoms. The van der Waals surface area contributed by atoms with Crippen LogP contribution in [-0.4, -0.2) is 56.1 Å². The summed E-state index contributed by atoms with van der Waals surface area (Å²) in [5.41, 5.74) is 4.54. The molecule has 0 fully saturated rings. The first-order chi connectivity index (χ1) is 21.7. The first-order valence-electron chi connectivity index (χ1n) is 14.8. The van der Waals surface area contributed by atoms with Gasteiger partial charge in [-0.2, -0.15) is 18.3 Å². The van der Waals surface area contributed by atoms with Gasteiger partial charge in [-0.1, -0.05) is 39.0 Å². The molecule has 3 aromatic rings. The summed E-state index contributed by atoms with van der Waals surface area (Å²) < 4.78 is 83.2. The van der Waals surface area contributed by atoms with Gasteiger partial charge in [-0.3, -0.25) is 9.78 Å². The van der Waals surface area contributed by atoms with Crippen molar-refractivity contribution in [1.29, 1.82) is 0 Å². The summed E-state index contributed by atoms with van der Waals surface area (Å²) in [6.45, 7) is 6.18. The molecule has 1 unspecified atom stereocenters. The van der Waals surface area contributed by atoms with Gasteiger partial charge in [0.05, 0.1) is 18.7 Å². The van der Waals surface area contributed by atoms with E-state index in [1.54, 1.807) is 29.9 Å². The number of aliphatic carboxylic acids is 2. The number of halogens is 6. The number of fused-ring (bicyclic) bond motifs is 1. The van der Waals surface area contributed by atoms with Crippen molar-refractivity contribution >= 4 is 11.9 Å². The van der Waals surface area contributed by atoms with Crippen molar-refractivity contribution < 1.29 is 55.6 Å². The number of aromatic nitrogens is 3. The third kappa shape index (κ3) is 11.5. The Hall–Kier alpha value is -4.30. The van der Waals surface area contributed by atoms with E-state index in [0.29, 0.717) is 24.6 Å². The third-order valence-corrected chi connectivity index (χ3v) is 7.39. The lowest BCUT2D eigenvalue weighted by molar-refractivity contribution is -0.275. The lowest BCUT2D eigenvalue weighted by Gasteiger charge is -2.25. The molecular weight excluding hydrogens is 636 g/mol. The van der Waals surface area contributed by atoms with Crippen LogP contribution in [0.2, 0.25) is 0 Å². The highest BCUT2D eigenvalue weighted by Crippen LogP contribution is 2.38. The first kappa shape index (κ1) is 37.2. The standard InChI is InChI=1S/C30H36F3N3O4.C2HF3O2/c1-29(2,3)21-10-12-26(40-30(31,32)33)24(17-21)20(16-28(37)38)15-23-18-27(36(4)35-23)39-14-13-22-11-9-19-7-5-6-8-25(19)34-22;3-2(4,5)1(6)7/h9-12,17-18,20H,5-8,13-16H2,1-4H3,(H,37,38);(H,6,7). The van der Waals surface area contributed by atoms with E-state index in [1.807, 2.05) is 26.8 Å². The van der Waals surface area contributed by atoms with E-state index < -0.39 is 42.6 Å². The average molecular weight is 674 g/mol. The number of hydrogen-bond donors (Lipinski definition) is 2. The largest absolute Gasteiger partial charge is 0.573 e. The molecule has 1 atom stereocenters. The van der Waals surface area contributed by atoms with E-state index in [1.165, 1.54) is 23.7 Å². The molecule has 1 aliphatic rings. The van der Waals surface area contributed by atoms with Gasteiger partial charge in [-0.15, -0.1) is 13.2 Å². The second-order valence-electron chi connectivity index (χ2n) is 12.2. The Morgan fingerprint density at radius 3 is 2.21 bits per heavy atom. The fourth-order valence-corrected chi connectivity index (χ4v) is 5.08. The van der Waals surface area contributed by atoms with Crippen LogP contribution in [-0.2, 0) is 47.7 Å². The van der Waals surface area contributed by atoms with E-state index in [4.69, 9.17) is 19.6 Å². The lowest BCUT2D eigenvalue weighted by Crippen LogP contribution is -2.21. The second kappa shape index (κ2) is 15.1. The molecular formula is C32H37F6N3O6. The quantitative estimate of drug-likeness (QED) is 0.222. The number of carboxylic acids is 2. The molecule has 1 aromatic carbocycles. The number of pyridine rings is 1. The van der Waals surface area contributed by atoms with Gasteiger partial charge in [0.25, 0.3) is 0 Å². The zero-order chi connectivity index (χ0) is 35.2. The number of ether oxygens (including phenoxy) is 2. The molecule has 0 radical (unpaired) electrons. The van der Waals surface area contributed by atoms with Gasteiger partial charge in [0.1, 0.15) is 5.75 Å². The van der Waals surface area contributed by atoms with Gasteiger partial charge in [0, 0.05) is 36.8 Å². The van der Waals surface area contributed by atoms with Crippen molar-refractivity contribution in [3.05, 3.63) is 70.2 Å². The summed E-state index contributed by atoms with van der Waals surface area (Å²) in [4.78, 5) is 25.4. The normalized spacial score (nSPS) is 14.0. The molecule has 9 nitrogen and oxygen atoms in total. The maximum Gasteiger partial charge on any atom is 0.573 e. The van der Waals surface area contributed by atoms with Crippen molar-refractivity contribution in [3.63, 3.8) is 0 Å². The van der Waals surface area contributed by atoms with Crippen LogP contribution in [0.25, 0.3) is 0 Å². The molecule has 4 rings (SSSR count). The zero-order valence-electron chi connectivity index (χ0n) is 26.3. The molecule has 2 N–H and O–H groups in total. The maximum atomic E-state index is 13.2. The molecule has 0 saturated carbocycles. The molecule has 258 valence electrons. The second-order valence-corrected chi connectivity index (χ2v) is 12.2. The van der Waals surface area contributed by atoms with Crippen molar-refractivity contribution in [3.8, 4) is 11.6 Å². The van der Waals surface area contributed by atoms with Gasteiger partial charge in [-0.25, -0.2) is 9.48 Å². The summed E-state index contributed by atoms with van der Waals surface area (Å²) in [7, 11) is 1.71. The number of carboxylic acid groups (broad SMARTS) is 2. The summed E-state index contributed by atoms with van der Waals surface area (Å²) in [5, 5.41) is 21.2. The number of alkyl halides is 6. The van der Waals surface area contributed by atoms with Crippen molar-refractivity contribution in [2.24, 2.45) is 7.05 Å². The SMILES string of the molecule is Cn1nc(CC(CC(=O)O)c2cc(C(C)(C)C)ccc2OC(F)(F)F)cc1OCCc1ccc2c(n1)CCCC2.O=C(O)C(F)(F)F.